The van der Waals surface area contributed by atoms with Crippen LogP contribution in [0.4, 0.5) is 9.18 Å². The van der Waals surface area contributed by atoms with E-state index in [2.05, 4.69) is 9.97 Å². The molecule has 2 heterocycles. The average Bonchev–Trinajstić information content (AvgIpc) is 3.02. The maximum atomic E-state index is 13.2. The molecule has 21 heavy (non-hydrogen) atoms. The number of benzene rings is 1. The molecule has 112 valence electrons. The first-order valence-electron chi connectivity index (χ1n) is 7.17. The summed E-state index contributed by atoms with van der Waals surface area (Å²) < 4.78 is 18.5. The zero-order valence-electron chi connectivity index (χ0n) is 12.1. The number of hydrogen-bond acceptors (Lipinski definition) is 3. The third-order valence-electron chi connectivity index (χ3n) is 3.60. The molecular weight excluding hydrogens is 273 g/mol. The first-order valence-corrected chi connectivity index (χ1v) is 7.17. The summed E-state index contributed by atoms with van der Waals surface area (Å²) >= 11 is 0. The van der Waals surface area contributed by atoms with Gasteiger partial charge < -0.3 is 9.72 Å². The number of halogens is 1. The van der Waals surface area contributed by atoms with Crippen molar-refractivity contribution < 1.29 is 13.9 Å². The molecule has 1 saturated heterocycles. The van der Waals surface area contributed by atoms with Crippen molar-refractivity contribution in [3.8, 4) is 0 Å². The molecule has 0 spiro atoms. The molecule has 1 aromatic heterocycles. The van der Waals surface area contributed by atoms with E-state index in [4.69, 9.17) is 4.74 Å². The molecule has 1 fully saturated rings. The number of amides is 1. The van der Waals surface area contributed by atoms with Crippen LogP contribution in [0.3, 0.4) is 0 Å². The van der Waals surface area contributed by atoms with Crippen molar-refractivity contribution in [3.63, 3.8) is 0 Å². The minimum absolute atomic E-state index is 0.133. The standard InChI is InChI=1S/C15H18FN3O2/c1-9(2)21-15(20)19-7-3-4-13(19)14-17-11-6-5-10(16)8-12(11)18-14/h5-6,8-9,13H,3-4,7H2,1-2H3,(H,17,18). The van der Waals surface area contributed by atoms with Crippen LogP contribution in [0.25, 0.3) is 11.0 Å². The second kappa shape index (κ2) is 5.35. The van der Waals surface area contributed by atoms with Crippen LogP contribution in [0.1, 0.15) is 38.6 Å². The van der Waals surface area contributed by atoms with E-state index < -0.39 is 0 Å². The molecule has 0 saturated carbocycles. The molecule has 1 N–H and O–H groups in total. The Morgan fingerprint density at radius 3 is 3.10 bits per heavy atom. The fourth-order valence-corrected chi connectivity index (χ4v) is 2.70. The molecule has 0 radical (unpaired) electrons. The van der Waals surface area contributed by atoms with Crippen molar-refractivity contribution in [2.45, 2.75) is 38.8 Å². The number of hydrogen-bond donors (Lipinski definition) is 1. The number of carbonyl (C=O) groups is 1. The lowest BCUT2D eigenvalue weighted by atomic mass is 10.2. The van der Waals surface area contributed by atoms with Crippen molar-refractivity contribution in [2.24, 2.45) is 0 Å². The van der Waals surface area contributed by atoms with Gasteiger partial charge >= 0.3 is 6.09 Å². The van der Waals surface area contributed by atoms with Crippen molar-refractivity contribution >= 4 is 17.1 Å². The van der Waals surface area contributed by atoms with E-state index in [-0.39, 0.29) is 24.1 Å². The molecule has 1 unspecified atom stereocenters. The SMILES string of the molecule is CC(C)OC(=O)N1CCCC1c1nc2ccc(F)cc2[nH]1. The van der Waals surface area contributed by atoms with Gasteiger partial charge in [-0.1, -0.05) is 0 Å². The minimum Gasteiger partial charge on any atom is -0.447 e. The maximum Gasteiger partial charge on any atom is 0.410 e. The van der Waals surface area contributed by atoms with Crippen molar-refractivity contribution in [1.29, 1.82) is 0 Å². The molecule has 0 bridgehead atoms. The highest BCUT2D eigenvalue weighted by atomic mass is 19.1. The van der Waals surface area contributed by atoms with E-state index in [1.807, 2.05) is 13.8 Å². The topological polar surface area (TPSA) is 58.2 Å². The Hall–Kier alpha value is -2.11. The number of imidazole rings is 1. The number of aromatic amines is 1. The average molecular weight is 291 g/mol. The number of carbonyl (C=O) groups excluding carboxylic acids is 1. The summed E-state index contributed by atoms with van der Waals surface area (Å²) in [6, 6.07) is 4.30. The van der Waals surface area contributed by atoms with Gasteiger partial charge in [0.25, 0.3) is 0 Å². The van der Waals surface area contributed by atoms with Crippen molar-refractivity contribution in [1.82, 2.24) is 14.9 Å². The molecule has 6 heteroatoms. The van der Waals surface area contributed by atoms with E-state index in [0.29, 0.717) is 23.4 Å². The summed E-state index contributed by atoms with van der Waals surface area (Å²) in [5.74, 6) is 0.383. The fraction of sp³-hybridized carbons (Fsp3) is 0.467. The zero-order chi connectivity index (χ0) is 15.0. The quantitative estimate of drug-likeness (QED) is 0.922. The maximum absolute atomic E-state index is 13.2. The number of H-pyrrole nitrogens is 1. The number of fused-ring (bicyclic) bond motifs is 1. The Kier molecular flexibility index (Phi) is 3.53. The highest BCUT2D eigenvalue weighted by molar-refractivity contribution is 5.75. The summed E-state index contributed by atoms with van der Waals surface area (Å²) in [6.45, 7) is 4.31. The van der Waals surface area contributed by atoms with Gasteiger partial charge in [-0.3, -0.25) is 4.90 Å². The van der Waals surface area contributed by atoms with Gasteiger partial charge in [-0.05, 0) is 44.9 Å². The number of ether oxygens (including phenoxy) is 1. The Bertz CT molecular complexity index is 668. The van der Waals surface area contributed by atoms with E-state index in [1.165, 1.54) is 12.1 Å². The number of likely N-dealkylation sites (tertiary alicyclic amines) is 1. The lowest BCUT2D eigenvalue weighted by Crippen LogP contribution is -2.33. The summed E-state index contributed by atoms with van der Waals surface area (Å²) in [5.41, 5.74) is 1.35. The lowest BCUT2D eigenvalue weighted by molar-refractivity contribution is 0.0722. The van der Waals surface area contributed by atoms with Gasteiger partial charge in [0.05, 0.1) is 23.2 Å². The smallest absolute Gasteiger partial charge is 0.410 e. The van der Waals surface area contributed by atoms with Gasteiger partial charge in [0, 0.05) is 6.54 Å². The van der Waals surface area contributed by atoms with Gasteiger partial charge in [-0.2, -0.15) is 0 Å². The predicted octanol–water partition coefficient (Wildman–Crippen LogP) is 3.38. The zero-order valence-corrected chi connectivity index (χ0v) is 12.1. The van der Waals surface area contributed by atoms with Crippen molar-refractivity contribution in [3.05, 3.63) is 29.8 Å². The van der Waals surface area contributed by atoms with E-state index in [9.17, 15) is 9.18 Å². The Balaban J connectivity index is 1.88. The lowest BCUT2D eigenvalue weighted by Gasteiger charge is -2.23. The van der Waals surface area contributed by atoms with Crippen LogP contribution < -0.4 is 0 Å². The van der Waals surface area contributed by atoms with Crippen molar-refractivity contribution in [2.75, 3.05) is 6.54 Å². The van der Waals surface area contributed by atoms with Gasteiger partial charge in [-0.25, -0.2) is 14.2 Å². The summed E-state index contributed by atoms with van der Waals surface area (Å²) in [4.78, 5) is 21.4. The number of aromatic nitrogens is 2. The van der Waals surface area contributed by atoms with E-state index >= 15 is 0 Å². The molecule has 1 atom stereocenters. The van der Waals surface area contributed by atoms with Gasteiger partial charge in [0.15, 0.2) is 0 Å². The Labute approximate surface area is 122 Å². The normalized spacial score (nSPS) is 18.7. The van der Waals surface area contributed by atoms with Crippen LogP contribution in [0, 0.1) is 5.82 Å². The monoisotopic (exact) mass is 291 g/mol. The first kappa shape index (κ1) is 13.9. The van der Waals surface area contributed by atoms with Gasteiger partial charge in [0.2, 0.25) is 0 Å². The molecule has 0 aliphatic carbocycles. The second-order valence-corrected chi connectivity index (χ2v) is 5.57. The number of nitrogens with zero attached hydrogens (tertiary/aromatic N) is 2. The number of rotatable bonds is 2. The molecular formula is C15H18FN3O2. The predicted molar refractivity (Wildman–Crippen MR) is 76.3 cm³/mol. The van der Waals surface area contributed by atoms with Crippen LogP contribution >= 0.6 is 0 Å². The van der Waals surface area contributed by atoms with E-state index in [1.54, 1.807) is 11.0 Å². The largest absolute Gasteiger partial charge is 0.447 e. The molecule has 1 amide bonds. The molecule has 5 nitrogen and oxygen atoms in total. The third-order valence-corrected chi connectivity index (χ3v) is 3.60. The highest BCUT2D eigenvalue weighted by Crippen LogP contribution is 2.32. The molecule has 1 aromatic carbocycles. The van der Waals surface area contributed by atoms with Crippen LogP contribution in [-0.4, -0.2) is 33.6 Å². The summed E-state index contributed by atoms with van der Waals surface area (Å²) in [6.07, 6.45) is 1.27. The van der Waals surface area contributed by atoms with Crippen LogP contribution in [0.2, 0.25) is 0 Å². The Morgan fingerprint density at radius 2 is 2.33 bits per heavy atom. The highest BCUT2D eigenvalue weighted by Gasteiger charge is 2.33. The van der Waals surface area contributed by atoms with Crippen LogP contribution in [0.5, 0.6) is 0 Å². The molecule has 1 aliphatic rings. The Morgan fingerprint density at radius 1 is 1.52 bits per heavy atom. The minimum atomic E-state index is -0.320. The molecule has 2 aromatic rings. The first-order chi connectivity index (χ1) is 10.0. The van der Waals surface area contributed by atoms with Crippen LogP contribution in [-0.2, 0) is 4.74 Å². The third kappa shape index (κ3) is 2.70. The summed E-state index contributed by atoms with van der Waals surface area (Å²) in [5, 5.41) is 0. The molecule has 3 rings (SSSR count). The second-order valence-electron chi connectivity index (χ2n) is 5.57. The molecule has 1 aliphatic heterocycles. The fourth-order valence-electron chi connectivity index (χ4n) is 2.70. The van der Waals surface area contributed by atoms with E-state index in [0.717, 1.165) is 12.8 Å². The van der Waals surface area contributed by atoms with Crippen LogP contribution in [0.15, 0.2) is 18.2 Å². The summed E-state index contributed by atoms with van der Waals surface area (Å²) in [7, 11) is 0. The van der Waals surface area contributed by atoms with Gasteiger partial charge in [-0.15, -0.1) is 0 Å². The number of nitrogens with one attached hydrogen (secondary N) is 1. The van der Waals surface area contributed by atoms with Gasteiger partial charge in [0.1, 0.15) is 11.6 Å².